The molecule has 20 heavy (non-hydrogen) atoms. The molecule has 1 heterocycles. The molecule has 108 valence electrons. The summed E-state index contributed by atoms with van der Waals surface area (Å²) in [7, 11) is 0. The third-order valence-electron chi connectivity index (χ3n) is 4.43. The number of hydrogen-bond donors (Lipinski definition) is 1. The van der Waals surface area contributed by atoms with Crippen molar-refractivity contribution < 1.29 is 9.18 Å². The van der Waals surface area contributed by atoms with Gasteiger partial charge in [-0.25, -0.2) is 4.39 Å². The van der Waals surface area contributed by atoms with E-state index in [1.807, 2.05) is 13.0 Å². The summed E-state index contributed by atoms with van der Waals surface area (Å²) >= 11 is 0. The lowest BCUT2D eigenvalue weighted by atomic mass is 10.0. The van der Waals surface area contributed by atoms with Gasteiger partial charge in [-0.3, -0.25) is 4.79 Å². The molecule has 0 radical (unpaired) electrons. The van der Waals surface area contributed by atoms with Crippen molar-refractivity contribution in [2.24, 2.45) is 5.92 Å². The number of nitrogens with one attached hydrogen (secondary N) is 1. The Bertz CT molecular complexity index is 509. The molecule has 1 aromatic rings. The maximum absolute atomic E-state index is 13.9. The molecule has 0 aromatic heterocycles. The SMILES string of the molecule is C[C@H](CN1CCC1)C(=O)NC1(c2ccccc2F)CC1. The van der Waals surface area contributed by atoms with Crippen molar-refractivity contribution in [1.29, 1.82) is 0 Å². The van der Waals surface area contributed by atoms with E-state index in [1.165, 1.54) is 12.5 Å². The van der Waals surface area contributed by atoms with Crippen molar-refractivity contribution in [1.82, 2.24) is 10.2 Å². The zero-order valence-electron chi connectivity index (χ0n) is 11.9. The monoisotopic (exact) mass is 276 g/mol. The van der Waals surface area contributed by atoms with E-state index in [9.17, 15) is 9.18 Å². The summed E-state index contributed by atoms with van der Waals surface area (Å²) in [4.78, 5) is 14.6. The Kier molecular flexibility index (Phi) is 3.50. The van der Waals surface area contributed by atoms with Crippen molar-refractivity contribution in [3.63, 3.8) is 0 Å². The standard InChI is InChI=1S/C16H21FN2O/c1-12(11-19-9-4-10-19)15(20)18-16(7-8-16)13-5-2-3-6-14(13)17/h2-3,5-6,12H,4,7-11H2,1H3,(H,18,20)/t12-/m1/s1. The molecule has 1 saturated carbocycles. The van der Waals surface area contributed by atoms with E-state index in [2.05, 4.69) is 10.2 Å². The quantitative estimate of drug-likeness (QED) is 0.895. The number of carbonyl (C=O) groups is 1. The van der Waals surface area contributed by atoms with E-state index in [0.717, 1.165) is 32.5 Å². The second-order valence-electron chi connectivity index (χ2n) is 6.11. The number of halogens is 1. The fourth-order valence-corrected chi connectivity index (χ4v) is 2.83. The van der Waals surface area contributed by atoms with Crippen LogP contribution in [0.1, 0.15) is 31.7 Å². The van der Waals surface area contributed by atoms with Crippen LogP contribution in [-0.2, 0) is 10.3 Å². The van der Waals surface area contributed by atoms with Gasteiger partial charge in [-0.05, 0) is 38.4 Å². The highest BCUT2D eigenvalue weighted by atomic mass is 19.1. The lowest BCUT2D eigenvalue weighted by Crippen LogP contribution is -2.46. The van der Waals surface area contributed by atoms with Gasteiger partial charge in [0, 0.05) is 18.0 Å². The van der Waals surface area contributed by atoms with Crippen molar-refractivity contribution in [2.75, 3.05) is 19.6 Å². The van der Waals surface area contributed by atoms with Gasteiger partial charge in [-0.1, -0.05) is 25.1 Å². The Morgan fingerprint density at radius 1 is 1.40 bits per heavy atom. The minimum Gasteiger partial charge on any atom is -0.346 e. The lowest BCUT2D eigenvalue weighted by Gasteiger charge is -2.33. The summed E-state index contributed by atoms with van der Waals surface area (Å²) in [6.07, 6.45) is 2.89. The molecule has 0 bridgehead atoms. The Balaban J connectivity index is 1.64. The number of benzene rings is 1. The van der Waals surface area contributed by atoms with E-state index in [1.54, 1.807) is 12.1 Å². The van der Waals surface area contributed by atoms with Crippen LogP contribution in [-0.4, -0.2) is 30.4 Å². The largest absolute Gasteiger partial charge is 0.346 e. The fourth-order valence-electron chi connectivity index (χ4n) is 2.83. The first-order valence-electron chi connectivity index (χ1n) is 7.40. The summed E-state index contributed by atoms with van der Waals surface area (Å²) in [5.74, 6) is -0.224. The Morgan fingerprint density at radius 2 is 2.10 bits per heavy atom. The van der Waals surface area contributed by atoms with Crippen LogP contribution in [0.25, 0.3) is 0 Å². The third-order valence-corrected chi connectivity index (χ3v) is 4.43. The van der Waals surface area contributed by atoms with Gasteiger partial charge in [0.1, 0.15) is 5.82 Å². The molecule has 2 fully saturated rings. The summed E-state index contributed by atoms with van der Waals surface area (Å²) in [5.41, 5.74) is 0.176. The highest BCUT2D eigenvalue weighted by Crippen LogP contribution is 2.46. The molecule has 3 rings (SSSR count). The molecule has 1 N–H and O–H groups in total. The van der Waals surface area contributed by atoms with E-state index in [-0.39, 0.29) is 17.6 Å². The highest BCUT2D eigenvalue weighted by Gasteiger charge is 2.47. The minimum atomic E-state index is -0.453. The summed E-state index contributed by atoms with van der Waals surface area (Å²) < 4.78 is 13.9. The van der Waals surface area contributed by atoms with Crippen LogP contribution in [0, 0.1) is 11.7 Å². The van der Waals surface area contributed by atoms with Crippen LogP contribution < -0.4 is 5.32 Å². The number of hydrogen-bond acceptors (Lipinski definition) is 2. The third kappa shape index (κ3) is 2.57. The van der Waals surface area contributed by atoms with Gasteiger partial charge in [0.25, 0.3) is 0 Å². The van der Waals surface area contributed by atoms with E-state index in [0.29, 0.717) is 5.56 Å². The smallest absolute Gasteiger partial charge is 0.224 e. The second-order valence-corrected chi connectivity index (χ2v) is 6.11. The zero-order chi connectivity index (χ0) is 14.2. The first kappa shape index (κ1) is 13.6. The first-order valence-corrected chi connectivity index (χ1v) is 7.40. The predicted molar refractivity (Wildman–Crippen MR) is 75.7 cm³/mol. The van der Waals surface area contributed by atoms with Crippen molar-refractivity contribution in [3.05, 3.63) is 35.6 Å². The predicted octanol–water partition coefficient (Wildman–Crippen LogP) is 2.27. The van der Waals surface area contributed by atoms with Crippen LogP contribution in [0.2, 0.25) is 0 Å². The second kappa shape index (κ2) is 5.17. The van der Waals surface area contributed by atoms with Gasteiger partial charge in [-0.15, -0.1) is 0 Å². The van der Waals surface area contributed by atoms with E-state index >= 15 is 0 Å². The van der Waals surface area contributed by atoms with Crippen LogP contribution >= 0.6 is 0 Å². The molecule has 1 aromatic carbocycles. The van der Waals surface area contributed by atoms with Gasteiger partial charge in [-0.2, -0.15) is 0 Å². The van der Waals surface area contributed by atoms with Crippen molar-refractivity contribution in [3.8, 4) is 0 Å². The highest BCUT2D eigenvalue weighted by molar-refractivity contribution is 5.80. The number of amides is 1. The molecule has 1 aliphatic carbocycles. The summed E-state index contributed by atoms with van der Waals surface area (Å²) in [5, 5.41) is 3.07. The molecule has 3 nitrogen and oxygen atoms in total. The maximum Gasteiger partial charge on any atom is 0.224 e. The van der Waals surface area contributed by atoms with Gasteiger partial charge in [0.15, 0.2) is 0 Å². The molecular weight excluding hydrogens is 255 g/mol. The number of rotatable bonds is 5. The van der Waals surface area contributed by atoms with Crippen molar-refractivity contribution in [2.45, 2.75) is 31.7 Å². The van der Waals surface area contributed by atoms with Crippen LogP contribution in [0.4, 0.5) is 4.39 Å². The maximum atomic E-state index is 13.9. The molecule has 0 unspecified atom stereocenters. The van der Waals surface area contributed by atoms with E-state index < -0.39 is 5.54 Å². The van der Waals surface area contributed by atoms with Gasteiger partial charge in [0.2, 0.25) is 5.91 Å². The Hall–Kier alpha value is -1.42. The minimum absolute atomic E-state index is 0.0395. The van der Waals surface area contributed by atoms with Crippen LogP contribution in [0.3, 0.4) is 0 Å². The zero-order valence-corrected chi connectivity index (χ0v) is 11.9. The summed E-state index contributed by atoms with van der Waals surface area (Å²) in [6, 6.07) is 6.76. The number of likely N-dealkylation sites (tertiary alicyclic amines) is 1. The average molecular weight is 276 g/mol. The number of carbonyl (C=O) groups excluding carboxylic acids is 1. The lowest BCUT2D eigenvalue weighted by molar-refractivity contribution is -0.126. The molecule has 1 aliphatic heterocycles. The fraction of sp³-hybridized carbons (Fsp3) is 0.562. The molecule has 1 saturated heterocycles. The topological polar surface area (TPSA) is 32.3 Å². The Morgan fingerprint density at radius 3 is 2.65 bits per heavy atom. The van der Waals surface area contributed by atoms with E-state index in [4.69, 9.17) is 0 Å². The molecule has 4 heteroatoms. The first-order chi connectivity index (χ1) is 9.61. The molecule has 1 amide bonds. The van der Waals surface area contributed by atoms with Gasteiger partial charge in [0.05, 0.1) is 5.54 Å². The van der Waals surface area contributed by atoms with Gasteiger partial charge >= 0.3 is 0 Å². The van der Waals surface area contributed by atoms with Gasteiger partial charge < -0.3 is 10.2 Å². The molecule has 1 atom stereocenters. The molecule has 2 aliphatic rings. The van der Waals surface area contributed by atoms with Crippen LogP contribution in [0.15, 0.2) is 24.3 Å². The normalized spacial score (nSPS) is 21.9. The summed E-state index contributed by atoms with van der Waals surface area (Å²) in [6.45, 7) is 4.94. The average Bonchev–Trinajstić information content (AvgIpc) is 3.14. The van der Waals surface area contributed by atoms with Crippen molar-refractivity contribution >= 4 is 5.91 Å². The molecular formula is C16H21FN2O. The number of nitrogens with zero attached hydrogens (tertiary/aromatic N) is 1. The molecule has 0 spiro atoms. The van der Waals surface area contributed by atoms with Crippen LogP contribution in [0.5, 0.6) is 0 Å². The Labute approximate surface area is 119 Å².